The number of nitro benzene ring substituents is 1. The zero-order chi connectivity index (χ0) is 18.7. The van der Waals surface area contributed by atoms with E-state index < -0.39 is 10.8 Å². The minimum atomic E-state index is -0.528. The SMILES string of the molecule is Cc1cc(C(=O)N/N=C/c2ccc(-c3ccc([N+](=O)[O-])cc3Cl)o2)n[nH]1. The van der Waals surface area contributed by atoms with Crippen molar-refractivity contribution in [3.8, 4) is 11.3 Å². The van der Waals surface area contributed by atoms with Gasteiger partial charge in [0.2, 0.25) is 0 Å². The van der Waals surface area contributed by atoms with E-state index in [-0.39, 0.29) is 16.4 Å². The van der Waals surface area contributed by atoms with Crippen LogP contribution in [0.5, 0.6) is 0 Å². The van der Waals surface area contributed by atoms with Gasteiger partial charge in [0, 0.05) is 23.4 Å². The largest absolute Gasteiger partial charge is 0.455 e. The number of hydrogen-bond acceptors (Lipinski definition) is 6. The number of rotatable bonds is 5. The van der Waals surface area contributed by atoms with Crippen molar-refractivity contribution >= 4 is 29.4 Å². The Labute approximate surface area is 151 Å². The van der Waals surface area contributed by atoms with Crippen molar-refractivity contribution in [3.63, 3.8) is 0 Å². The quantitative estimate of drug-likeness (QED) is 0.403. The number of hydrogen-bond donors (Lipinski definition) is 2. The molecule has 0 spiro atoms. The molecule has 0 unspecified atom stereocenters. The van der Waals surface area contributed by atoms with Gasteiger partial charge in [-0.3, -0.25) is 20.0 Å². The molecule has 0 fully saturated rings. The normalized spacial score (nSPS) is 11.0. The number of non-ortho nitro benzene ring substituents is 1. The van der Waals surface area contributed by atoms with E-state index in [0.717, 1.165) is 5.69 Å². The predicted molar refractivity (Wildman–Crippen MR) is 94.2 cm³/mol. The molecule has 0 radical (unpaired) electrons. The number of furan rings is 1. The lowest BCUT2D eigenvalue weighted by molar-refractivity contribution is -0.384. The lowest BCUT2D eigenvalue weighted by Crippen LogP contribution is -2.17. The van der Waals surface area contributed by atoms with E-state index in [9.17, 15) is 14.9 Å². The van der Waals surface area contributed by atoms with Crippen LogP contribution in [0.2, 0.25) is 5.02 Å². The lowest BCUT2D eigenvalue weighted by Gasteiger charge is -2.00. The number of amides is 1. The van der Waals surface area contributed by atoms with Crippen LogP contribution in [0.1, 0.15) is 21.9 Å². The molecular formula is C16H12ClN5O4. The Balaban J connectivity index is 1.70. The number of nitrogens with zero attached hydrogens (tertiary/aromatic N) is 3. The maximum atomic E-state index is 11.8. The van der Waals surface area contributed by atoms with Gasteiger partial charge in [-0.15, -0.1) is 0 Å². The van der Waals surface area contributed by atoms with E-state index in [1.165, 1.54) is 24.4 Å². The Hall–Kier alpha value is -3.46. The number of benzene rings is 1. The van der Waals surface area contributed by atoms with Crippen LogP contribution in [0, 0.1) is 17.0 Å². The van der Waals surface area contributed by atoms with E-state index in [1.807, 2.05) is 0 Å². The van der Waals surface area contributed by atoms with Gasteiger partial charge in [0.05, 0.1) is 16.2 Å². The number of halogens is 1. The molecule has 0 aliphatic carbocycles. The molecule has 2 aromatic heterocycles. The summed E-state index contributed by atoms with van der Waals surface area (Å²) in [6.07, 6.45) is 1.32. The molecule has 26 heavy (non-hydrogen) atoms. The van der Waals surface area contributed by atoms with Crippen LogP contribution in [0.25, 0.3) is 11.3 Å². The fourth-order valence-electron chi connectivity index (χ4n) is 2.13. The van der Waals surface area contributed by atoms with Crippen LogP contribution in [0.3, 0.4) is 0 Å². The fourth-order valence-corrected chi connectivity index (χ4v) is 2.40. The Morgan fingerprint density at radius 2 is 2.19 bits per heavy atom. The minimum Gasteiger partial charge on any atom is -0.455 e. The van der Waals surface area contributed by atoms with Crippen molar-refractivity contribution in [2.45, 2.75) is 6.92 Å². The Bertz CT molecular complexity index is 1010. The Kier molecular flexibility index (Phi) is 4.81. The highest BCUT2D eigenvalue weighted by molar-refractivity contribution is 6.33. The second kappa shape index (κ2) is 7.19. The van der Waals surface area contributed by atoms with Crippen molar-refractivity contribution in [1.29, 1.82) is 0 Å². The van der Waals surface area contributed by atoms with Crippen molar-refractivity contribution in [1.82, 2.24) is 15.6 Å². The van der Waals surface area contributed by atoms with Gasteiger partial charge in [-0.05, 0) is 31.2 Å². The molecule has 0 aliphatic heterocycles. The van der Waals surface area contributed by atoms with Gasteiger partial charge in [0.1, 0.15) is 11.5 Å². The van der Waals surface area contributed by atoms with Crippen molar-refractivity contribution < 1.29 is 14.1 Å². The molecule has 9 nitrogen and oxygen atoms in total. The van der Waals surface area contributed by atoms with Crippen molar-refractivity contribution in [3.05, 3.63) is 68.7 Å². The topological polar surface area (TPSA) is 126 Å². The summed E-state index contributed by atoms with van der Waals surface area (Å²) in [7, 11) is 0. The van der Waals surface area contributed by atoms with Crippen LogP contribution >= 0.6 is 11.6 Å². The molecule has 132 valence electrons. The van der Waals surface area contributed by atoms with Crippen molar-refractivity contribution in [2.75, 3.05) is 0 Å². The second-order valence-corrected chi connectivity index (χ2v) is 5.67. The number of carbonyl (C=O) groups excluding carboxylic acids is 1. The first-order chi connectivity index (χ1) is 12.4. The number of carbonyl (C=O) groups is 1. The lowest BCUT2D eigenvalue weighted by atomic mass is 10.1. The highest BCUT2D eigenvalue weighted by Gasteiger charge is 2.13. The number of H-pyrrole nitrogens is 1. The molecule has 1 aromatic carbocycles. The van der Waals surface area contributed by atoms with Crippen LogP contribution in [0.4, 0.5) is 5.69 Å². The molecule has 3 rings (SSSR count). The molecule has 10 heteroatoms. The van der Waals surface area contributed by atoms with E-state index in [2.05, 4.69) is 20.7 Å². The highest BCUT2D eigenvalue weighted by Crippen LogP contribution is 2.31. The molecule has 0 saturated heterocycles. The zero-order valence-electron chi connectivity index (χ0n) is 13.4. The average Bonchev–Trinajstić information content (AvgIpc) is 3.24. The molecule has 2 N–H and O–H groups in total. The summed E-state index contributed by atoms with van der Waals surface area (Å²) in [5.74, 6) is 0.323. The van der Waals surface area contributed by atoms with E-state index in [0.29, 0.717) is 17.1 Å². The van der Waals surface area contributed by atoms with Gasteiger partial charge >= 0.3 is 0 Å². The van der Waals surface area contributed by atoms with Gasteiger partial charge in [0.25, 0.3) is 11.6 Å². The number of nitro groups is 1. The summed E-state index contributed by atoms with van der Waals surface area (Å²) in [6.45, 7) is 1.78. The smallest absolute Gasteiger partial charge is 0.291 e. The standard InChI is InChI=1S/C16H12ClN5O4/c1-9-6-14(20-19-9)16(23)21-18-8-11-3-5-15(26-11)12-4-2-10(22(24)25)7-13(12)17/h2-8H,1H3,(H,19,20)(H,21,23)/b18-8+. The first-order valence-electron chi connectivity index (χ1n) is 7.33. The third kappa shape index (κ3) is 3.78. The van der Waals surface area contributed by atoms with Gasteiger partial charge in [0.15, 0.2) is 5.69 Å². The number of nitrogens with one attached hydrogen (secondary N) is 2. The monoisotopic (exact) mass is 373 g/mol. The minimum absolute atomic E-state index is 0.108. The van der Waals surface area contributed by atoms with E-state index in [1.54, 1.807) is 25.1 Å². The predicted octanol–water partition coefficient (Wildman–Crippen LogP) is 3.30. The molecule has 0 saturated carbocycles. The highest BCUT2D eigenvalue weighted by atomic mass is 35.5. The maximum Gasteiger partial charge on any atom is 0.291 e. The molecule has 0 bridgehead atoms. The van der Waals surface area contributed by atoms with E-state index >= 15 is 0 Å². The average molecular weight is 374 g/mol. The fraction of sp³-hybridized carbons (Fsp3) is 0.0625. The summed E-state index contributed by atoms with van der Waals surface area (Å²) in [6, 6.07) is 8.95. The number of hydrazone groups is 1. The summed E-state index contributed by atoms with van der Waals surface area (Å²) in [5, 5.41) is 21.2. The zero-order valence-corrected chi connectivity index (χ0v) is 14.1. The summed E-state index contributed by atoms with van der Waals surface area (Å²) in [5.41, 5.74) is 3.71. The third-order valence-electron chi connectivity index (χ3n) is 3.35. The molecule has 2 heterocycles. The molecule has 0 atom stereocenters. The van der Waals surface area contributed by atoms with Crippen LogP contribution in [0.15, 0.2) is 45.9 Å². The number of aromatic amines is 1. The summed E-state index contributed by atoms with van der Waals surface area (Å²) < 4.78 is 5.57. The molecule has 3 aromatic rings. The summed E-state index contributed by atoms with van der Waals surface area (Å²) in [4.78, 5) is 22.0. The molecular weight excluding hydrogens is 362 g/mol. The third-order valence-corrected chi connectivity index (χ3v) is 3.66. The van der Waals surface area contributed by atoms with Gasteiger partial charge < -0.3 is 4.42 Å². The Morgan fingerprint density at radius 1 is 1.38 bits per heavy atom. The molecule has 0 aliphatic rings. The maximum absolute atomic E-state index is 11.8. The number of aryl methyl sites for hydroxylation is 1. The van der Waals surface area contributed by atoms with Gasteiger partial charge in [-0.1, -0.05) is 11.6 Å². The van der Waals surface area contributed by atoms with Gasteiger partial charge in [-0.2, -0.15) is 10.2 Å². The van der Waals surface area contributed by atoms with Crippen molar-refractivity contribution in [2.24, 2.45) is 5.10 Å². The molecule has 1 amide bonds. The Morgan fingerprint density at radius 3 is 2.85 bits per heavy atom. The number of aromatic nitrogens is 2. The second-order valence-electron chi connectivity index (χ2n) is 5.26. The van der Waals surface area contributed by atoms with E-state index in [4.69, 9.17) is 16.0 Å². The van der Waals surface area contributed by atoms with Crippen LogP contribution in [-0.2, 0) is 0 Å². The summed E-state index contributed by atoms with van der Waals surface area (Å²) >= 11 is 6.07. The first-order valence-corrected chi connectivity index (χ1v) is 7.71. The van der Waals surface area contributed by atoms with Crippen LogP contribution in [-0.4, -0.2) is 27.2 Å². The first kappa shape index (κ1) is 17.4. The van der Waals surface area contributed by atoms with Crippen LogP contribution < -0.4 is 5.43 Å². The van der Waals surface area contributed by atoms with Gasteiger partial charge in [-0.25, -0.2) is 5.43 Å².